The highest BCUT2D eigenvalue weighted by Crippen LogP contribution is 2.30. The summed E-state index contributed by atoms with van der Waals surface area (Å²) in [4.78, 5) is 68.2. The van der Waals surface area contributed by atoms with Crippen molar-refractivity contribution in [1.82, 2.24) is 50.4 Å². The van der Waals surface area contributed by atoms with Gasteiger partial charge in [0, 0.05) is 74.5 Å². The van der Waals surface area contributed by atoms with Crippen molar-refractivity contribution in [2.45, 2.75) is 103 Å². The van der Waals surface area contributed by atoms with Crippen molar-refractivity contribution in [3.8, 4) is 0 Å². The summed E-state index contributed by atoms with van der Waals surface area (Å²) in [5.41, 5.74) is 1.00. The lowest BCUT2D eigenvalue weighted by Gasteiger charge is -2.41. The lowest BCUT2D eigenvalue weighted by molar-refractivity contribution is -0.146. The molecule has 18 nitrogen and oxygen atoms in total. The lowest BCUT2D eigenvalue weighted by Crippen LogP contribution is -2.56. The summed E-state index contributed by atoms with van der Waals surface area (Å²) >= 11 is 0. The monoisotopic (exact) mass is 826 g/mol. The number of carboxylic acid groups (broad SMARTS) is 1. The van der Waals surface area contributed by atoms with Gasteiger partial charge in [0.15, 0.2) is 11.8 Å². The van der Waals surface area contributed by atoms with E-state index >= 15 is 0 Å². The topological polar surface area (TPSA) is 202 Å². The van der Waals surface area contributed by atoms with Gasteiger partial charge in [0.2, 0.25) is 17.7 Å². The molecule has 2 aromatic rings. The molecular formula is C41H67N11O7. The van der Waals surface area contributed by atoms with E-state index in [-0.39, 0.29) is 42.0 Å². The molecule has 2 fully saturated rings. The number of tetrazole rings is 1. The molecule has 8 atom stereocenters. The maximum atomic E-state index is 14.5. The van der Waals surface area contributed by atoms with Gasteiger partial charge in [-0.15, -0.1) is 10.2 Å². The number of likely N-dealkylation sites (tertiary alicyclic amines) is 1. The first-order valence-corrected chi connectivity index (χ1v) is 20.8. The average Bonchev–Trinajstić information content (AvgIpc) is 3.94. The molecule has 0 saturated carbocycles. The maximum absolute atomic E-state index is 14.5. The molecule has 2 aliphatic heterocycles. The Morgan fingerprint density at radius 3 is 2.19 bits per heavy atom. The van der Waals surface area contributed by atoms with Crippen LogP contribution in [0.3, 0.4) is 0 Å². The molecule has 0 spiro atoms. The van der Waals surface area contributed by atoms with Crippen molar-refractivity contribution in [3.05, 3.63) is 41.7 Å². The smallest absolute Gasteiger partial charge is 0.407 e. The number of ether oxygens (including phenoxy) is 2. The van der Waals surface area contributed by atoms with E-state index in [0.717, 1.165) is 18.4 Å². The number of carbonyl (C=O) groups excluding carboxylic acids is 3. The van der Waals surface area contributed by atoms with Crippen LogP contribution in [0.15, 0.2) is 35.3 Å². The molecule has 0 radical (unpaired) electrons. The van der Waals surface area contributed by atoms with Gasteiger partial charge in [-0.05, 0) is 30.2 Å². The van der Waals surface area contributed by atoms with E-state index in [1.807, 2.05) is 79.9 Å². The number of hydrogen-bond acceptors (Lipinski definition) is 10. The third-order valence-corrected chi connectivity index (χ3v) is 11.9. The minimum atomic E-state index is -0.950. The SMILES string of the molecule is CC[C@H](C)[C@@H]([C@H](CC(=O)N1CCC[C@H]1[C@H](OC)[C@@H](C)C(=O)N[C@@H](Cc1ccccc1)c1nn[nH]n1)OC)N(C)C(=O)[C@@H](N=C(N(C)C)N1CCN(C(=O)O)CC1)C(C)C. The molecule has 2 aliphatic rings. The van der Waals surface area contributed by atoms with E-state index < -0.39 is 42.3 Å². The van der Waals surface area contributed by atoms with Gasteiger partial charge in [0.1, 0.15) is 6.04 Å². The van der Waals surface area contributed by atoms with Crippen molar-refractivity contribution in [2.75, 3.05) is 68.1 Å². The van der Waals surface area contributed by atoms with Crippen molar-refractivity contribution in [3.63, 3.8) is 0 Å². The molecule has 4 rings (SSSR count). The first kappa shape index (κ1) is 46.8. The van der Waals surface area contributed by atoms with E-state index in [0.29, 0.717) is 57.3 Å². The number of H-pyrrole nitrogens is 1. The molecule has 3 heterocycles. The number of methoxy groups -OCH3 is 2. The van der Waals surface area contributed by atoms with E-state index in [2.05, 4.69) is 39.8 Å². The Hall–Kier alpha value is -4.84. The van der Waals surface area contributed by atoms with Gasteiger partial charge < -0.3 is 44.4 Å². The number of aromatic amines is 1. The van der Waals surface area contributed by atoms with Crippen LogP contribution in [0.25, 0.3) is 0 Å². The highest BCUT2D eigenvalue weighted by molar-refractivity contribution is 5.88. The number of nitrogens with one attached hydrogen (secondary N) is 2. The van der Waals surface area contributed by atoms with Crippen LogP contribution in [0.2, 0.25) is 0 Å². The highest BCUT2D eigenvalue weighted by Gasteiger charge is 2.43. The fraction of sp³-hybridized carbons (Fsp3) is 0.707. The molecular weight excluding hydrogens is 759 g/mol. The average molecular weight is 826 g/mol. The van der Waals surface area contributed by atoms with E-state index in [1.165, 1.54) is 4.90 Å². The second-order valence-corrected chi connectivity index (χ2v) is 16.4. The van der Waals surface area contributed by atoms with Gasteiger partial charge in [-0.2, -0.15) is 5.21 Å². The number of aromatic nitrogens is 4. The zero-order chi connectivity index (χ0) is 43.4. The predicted molar refractivity (Wildman–Crippen MR) is 222 cm³/mol. The summed E-state index contributed by atoms with van der Waals surface area (Å²) in [6.07, 6.45) is 0.474. The molecule has 18 heteroatoms. The van der Waals surface area contributed by atoms with Crippen LogP contribution in [0, 0.1) is 17.8 Å². The van der Waals surface area contributed by atoms with Gasteiger partial charge in [-0.3, -0.25) is 14.4 Å². The zero-order valence-electron chi connectivity index (χ0n) is 36.6. The van der Waals surface area contributed by atoms with Crippen LogP contribution in [-0.2, 0) is 30.3 Å². The standard InChI is InChI=1S/C41H67N11O7/c1-11-27(4)35(49(8)39(55)34(26(2)3)43-40(48(6)7)50-20-22-51(23-21-50)41(56)57)32(58-9)25-33(53)52-19-15-18-31(52)36(59-10)28(5)38(54)42-30(37-44-46-47-45-37)24-29-16-13-12-14-17-29/h12-14,16-17,26-28,30-32,34-36H,11,15,18-25H2,1-10H3,(H,42,54)(H,56,57)(H,44,45,46,47)/t27-,28+,30-,31-,32-,34-,35-,36+/m0/s1. The summed E-state index contributed by atoms with van der Waals surface area (Å²) in [5.74, 6) is -0.395. The van der Waals surface area contributed by atoms with E-state index in [1.54, 1.807) is 26.2 Å². The maximum Gasteiger partial charge on any atom is 0.407 e. The Morgan fingerprint density at radius 1 is 0.983 bits per heavy atom. The molecule has 2 saturated heterocycles. The Balaban J connectivity index is 1.51. The normalized spacial score (nSPS) is 19.7. The summed E-state index contributed by atoms with van der Waals surface area (Å²) < 4.78 is 12.1. The Bertz CT molecular complexity index is 1670. The number of hydrogen-bond donors (Lipinski definition) is 3. The van der Waals surface area contributed by atoms with Crippen LogP contribution in [0.5, 0.6) is 0 Å². The molecule has 0 bridgehead atoms. The number of piperazine rings is 1. The fourth-order valence-electron chi connectivity index (χ4n) is 8.38. The van der Waals surface area contributed by atoms with Crippen molar-refractivity contribution in [2.24, 2.45) is 22.7 Å². The first-order chi connectivity index (χ1) is 28.1. The minimum absolute atomic E-state index is 0.0243. The van der Waals surface area contributed by atoms with Crippen molar-refractivity contribution < 1.29 is 33.8 Å². The van der Waals surface area contributed by atoms with Crippen LogP contribution in [0.1, 0.15) is 77.7 Å². The van der Waals surface area contributed by atoms with Crippen molar-refractivity contribution in [1.29, 1.82) is 0 Å². The number of likely N-dealkylation sites (N-methyl/N-ethyl adjacent to an activating group) is 1. The molecule has 1 aromatic heterocycles. The third-order valence-electron chi connectivity index (χ3n) is 11.9. The molecule has 59 heavy (non-hydrogen) atoms. The van der Waals surface area contributed by atoms with Crippen LogP contribution in [0.4, 0.5) is 4.79 Å². The Morgan fingerprint density at radius 2 is 1.64 bits per heavy atom. The minimum Gasteiger partial charge on any atom is -0.465 e. The third kappa shape index (κ3) is 11.9. The number of rotatable bonds is 18. The highest BCUT2D eigenvalue weighted by atomic mass is 16.5. The second-order valence-electron chi connectivity index (χ2n) is 16.4. The van der Waals surface area contributed by atoms with Gasteiger partial charge in [-0.25, -0.2) is 9.79 Å². The Kier molecular flexibility index (Phi) is 17.4. The summed E-state index contributed by atoms with van der Waals surface area (Å²) in [5, 5.41) is 27.0. The molecule has 1 aromatic carbocycles. The van der Waals surface area contributed by atoms with Gasteiger partial charge in [0.05, 0.1) is 42.7 Å². The molecule has 0 unspecified atom stereocenters. The summed E-state index contributed by atoms with van der Waals surface area (Å²) in [7, 11) is 8.65. The summed E-state index contributed by atoms with van der Waals surface area (Å²) in [6, 6.07) is 7.68. The van der Waals surface area contributed by atoms with Crippen LogP contribution in [-0.4, -0.2) is 178 Å². The van der Waals surface area contributed by atoms with Crippen LogP contribution >= 0.6 is 0 Å². The number of nitrogens with zero attached hydrogens (tertiary/aromatic N) is 9. The van der Waals surface area contributed by atoms with Crippen LogP contribution < -0.4 is 5.32 Å². The molecule has 0 aliphatic carbocycles. The quantitative estimate of drug-likeness (QED) is 0.147. The number of benzene rings is 1. The number of amides is 4. The Labute approximate surface area is 349 Å². The van der Waals surface area contributed by atoms with E-state index in [4.69, 9.17) is 14.5 Å². The number of guanidine groups is 1. The van der Waals surface area contributed by atoms with Gasteiger partial charge in [0.25, 0.3) is 0 Å². The second kappa shape index (κ2) is 22.0. The number of aliphatic imine (C=N–C) groups is 1. The van der Waals surface area contributed by atoms with Crippen molar-refractivity contribution >= 4 is 29.8 Å². The van der Waals surface area contributed by atoms with Gasteiger partial charge in [-0.1, -0.05) is 76.6 Å². The molecule has 328 valence electrons. The zero-order valence-corrected chi connectivity index (χ0v) is 36.6. The fourth-order valence-corrected chi connectivity index (χ4v) is 8.38. The molecule has 3 N–H and O–H groups in total. The summed E-state index contributed by atoms with van der Waals surface area (Å²) in [6.45, 7) is 12.0. The van der Waals surface area contributed by atoms with Gasteiger partial charge >= 0.3 is 6.09 Å². The van der Waals surface area contributed by atoms with E-state index in [9.17, 15) is 24.3 Å². The first-order valence-electron chi connectivity index (χ1n) is 20.8. The number of carbonyl (C=O) groups is 4. The predicted octanol–water partition coefficient (Wildman–Crippen LogP) is 2.76. The largest absolute Gasteiger partial charge is 0.465 e. The lowest BCUT2D eigenvalue weighted by atomic mass is 9.89. The molecule has 4 amide bonds.